The van der Waals surface area contributed by atoms with Crippen LogP contribution >= 0.6 is 0 Å². The highest BCUT2D eigenvalue weighted by Crippen LogP contribution is 2.14. The molecule has 0 radical (unpaired) electrons. The van der Waals surface area contributed by atoms with E-state index in [0.717, 1.165) is 17.2 Å². The van der Waals surface area contributed by atoms with E-state index >= 15 is 0 Å². The highest BCUT2D eigenvalue weighted by Gasteiger charge is 1.92. The van der Waals surface area contributed by atoms with Crippen LogP contribution < -0.4 is 0 Å². The van der Waals surface area contributed by atoms with Gasteiger partial charge >= 0.3 is 5.97 Å². The molecule has 0 atom stereocenters. The summed E-state index contributed by atoms with van der Waals surface area (Å²) in [5.74, 6) is -0.935. The number of carbonyl (C=O) groups is 2. The fraction of sp³-hybridized carbons (Fsp3) is 0.0667. The van der Waals surface area contributed by atoms with Crippen molar-refractivity contribution < 1.29 is 14.7 Å². The fourth-order valence-electron chi connectivity index (χ4n) is 1.28. The van der Waals surface area contributed by atoms with Crippen LogP contribution in [0.5, 0.6) is 0 Å². The van der Waals surface area contributed by atoms with Crippen molar-refractivity contribution in [2.24, 2.45) is 0 Å². The third kappa shape index (κ3) is 3.87. The Morgan fingerprint density at radius 1 is 1.17 bits per heavy atom. The first-order valence-corrected chi connectivity index (χ1v) is 5.37. The number of aldehydes is 1. The molecule has 0 aliphatic rings. The van der Waals surface area contributed by atoms with Gasteiger partial charge in [0.15, 0.2) is 0 Å². The van der Waals surface area contributed by atoms with E-state index < -0.39 is 5.97 Å². The second kappa shape index (κ2) is 6.35. The van der Waals surface area contributed by atoms with Gasteiger partial charge in [-0.1, -0.05) is 43.0 Å². The lowest BCUT2D eigenvalue weighted by Gasteiger charge is -1.96. The van der Waals surface area contributed by atoms with Crippen molar-refractivity contribution >= 4 is 23.0 Å². The van der Waals surface area contributed by atoms with Crippen molar-refractivity contribution in [2.45, 2.75) is 6.92 Å². The average Bonchev–Trinajstić information content (AvgIpc) is 2.38. The zero-order chi connectivity index (χ0) is 13.5. The molecule has 18 heavy (non-hydrogen) atoms. The van der Waals surface area contributed by atoms with Gasteiger partial charge in [-0.2, -0.15) is 0 Å². The zero-order valence-electron chi connectivity index (χ0n) is 10.1. The molecule has 1 N–H and O–H groups in total. The van der Waals surface area contributed by atoms with Gasteiger partial charge in [-0.05, 0) is 23.8 Å². The van der Waals surface area contributed by atoms with Crippen molar-refractivity contribution in [1.29, 1.82) is 0 Å². The van der Waals surface area contributed by atoms with Crippen LogP contribution in [-0.2, 0) is 4.79 Å². The standard InChI is InChI=1S/C11H8O.C4H6O2/c12-8-9-5-6-10-3-1-2-4-11(10)7-9;1-3(2)4(5)6/h1-8H;1H2,2H3,(H,5,6). The summed E-state index contributed by atoms with van der Waals surface area (Å²) < 4.78 is 0. The number of carboxylic acids is 1. The van der Waals surface area contributed by atoms with E-state index in [1.807, 2.05) is 42.5 Å². The number of hydrogen-bond acceptors (Lipinski definition) is 2. The molecule has 0 aliphatic carbocycles. The van der Waals surface area contributed by atoms with Crippen LogP contribution in [0.25, 0.3) is 10.8 Å². The normalized spacial score (nSPS) is 9.17. The highest BCUT2D eigenvalue weighted by atomic mass is 16.4. The van der Waals surface area contributed by atoms with Gasteiger partial charge in [0, 0.05) is 11.1 Å². The van der Waals surface area contributed by atoms with Gasteiger partial charge in [-0.25, -0.2) is 4.79 Å². The van der Waals surface area contributed by atoms with Gasteiger partial charge in [0.05, 0.1) is 0 Å². The summed E-state index contributed by atoms with van der Waals surface area (Å²) in [4.78, 5) is 20.0. The number of hydrogen-bond donors (Lipinski definition) is 1. The molecular weight excluding hydrogens is 228 g/mol. The first-order valence-electron chi connectivity index (χ1n) is 5.37. The summed E-state index contributed by atoms with van der Waals surface area (Å²) in [6.45, 7) is 4.60. The molecule has 3 nitrogen and oxygen atoms in total. The Morgan fingerprint density at radius 3 is 2.22 bits per heavy atom. The molecule has 0 bridgehead atoms. The summed E-state index contributed by atoms with van der Waals surface area (Å²) in [6.07, 6.45) is 0.867. The van der Waals surface area contributed by atoms with Gasteiger partial charge in [-0.3, -0.25) is 4.79 Å². The number of aliphatic carboxylic acids is 1. The third-order valence-electron chi connectivity index (χ3n) is 2.27. The van der Waals surface area contributed by atoms with Gasteiger partial charge in [-0.15, -0.1) is 0 Å². The molecule has 0 saturated carbocycles. The van der Waals surface area contributed by atoms with Crippen molar-refractivity contribution in [2.75, 3.05) is 0 Å². The van der Waals surface area contributed by atoms with Gasteiger partial charge in [0.1, 0.15) is 6.29 Å². The molecule has 0 fully saturated rings. The number of rotatable bonds is 2. The Hall–Kier alpha value is -2.42. The molecule has 0 aromatic heterocycles. The molecule has 2 aromatic carbocycles. The van der Waals surface area contributed by atoms with Gasteiger partial charge in [0.2, 0.25) is 0 Å². The van der Waals surface area contributed by atoms with E-state index in [4.69, 9.17) is 5.11 Å². The minimum Gasteiger partial charge on any atom is -0.478 e. The molecule has 3 heteroatoms. The summed E-state index contributed by atoms with van der Waals surface area (Å²) >= 11 is 0. The van der Waals surface area contributed by atoms with E-state index in [-0.39, 0.29) is 5.57 Å². The van der Waals surface area contributed by atoms with Gasteiger partial charge < -0.3 is 5.11 Å². The molecule has 0 amide bonds. The Labute approximate surface area is 105 Å². The SMILES string of the molecule is C=C(C)C(=O)O.O=Cc1ccc2ccccc2c1. The summed E-state index contributed by atoms with van der Waals surface area (Å²) in [5.41, 5.74) is 0.906. The molecule has 2 rings (SSSR count). The van der Waals surface area contributed by atoms with Crippen molar-refractivity contribution in [3.63, 3.8) is 0 Å². The minimum atomic E-state index is -0.935. The lowest BCUT2D eigenvalue weighted by Crippen LogP contribution is -1.92. The van der Waals surface area contributed by atoms with E-state index in [2.05, 4.69) is 6.58 Å². The molecule has 0 spiro atoms. The molecule has 0 unspecified atom stereocenters. The average molecular weight is 242 g/mol. The van der Waals surface area contributed by atoms with Crippen molar-refractivity contribution in [1.82, 2.24) is 0 Å². The van der Waals surface area contributed by atoms with Crippen LogP contribution in [0, 0.1) is 0 Å². The van der Waals surface area contributed by atoms with Gasteiger partial charge in [0.25, 0.3) is 0 Å². The van der Waals surface area contributed by atoms with E-state index in [1.54, 1.807) is 0 Å². The number of fused-ring (bicyclic) bond motifs is 1. The first kappa shape index (κ1) is 13.6. The predicted molar refractivity (Wildman–Crippen MR) is 71.8 cm³/mol. The molecule has 0 aliphatic heterocycles. The maximum Gasteiger partial charge on any atom is 0.330 e. The maximum absolute atomic E-state index is 10.5. The Kier molecular flexibility index (Phi) is 4.81. The van der Waals surface area contributed by atoms with Crippen LogP contribution in [0.4, 0.5) is 0 Å². The molecule has 0 saturated heterocycles. The fourth-order valence-corrected chi connectivity index (χ4v) is 1.28. The second-order valence-electron chi connectivity index (χ2n) is 3.81. The summed E-state index contributed by atoms with van der Waals surface area (Å²) in [5, 5.41) is 10.2. The largest absolute Gasteiger partial charge is 0.478 e. The first-order chi connectivity index (χ1) is 8.54. The lowest BCUT2D eigenvalue weighted by molar-refractivity contribution is -0.132. The monoisotopic (exact) mass is 242 g/mol. The van der Waals surface area contributed by atoms with Crippen LogP contribution in [0.1, 0.15) is 17.3 Å². The smallest absolute Gasteiger partial charge is 0.330 e. The Balaban J connectivity index is 0.000000232. The summed E-state index contributed by atoms with van der Waals surface area (Å²) in [7, 11) is 0. The topological polar surface area (TPSA) is 54.4 Å². The van der Waals surface area contributed by atoms with Crippen LogP contribution in [-0.4, -0.2) is 17.4 Å². The van der Waals surface area contributed by atoms with E-state index in [1.165, 1.54) is 12.3 Å². The maximum atomic E-state index is 10.5. The highest BCUT2D eigenvalue weighted by molar-refractivity contribution is 5.88. The quantitative estimate of drug-likeness (QED) is 0.649. The summed E-state index contributed by atoms with van der Waals surface area (Å²) in [6, 6.07) is 13.7. The van der Waals surface area contributed by atoms with Crippen LogP contribution in [0.15, 0.2) is 54.6 Å². The zero-order valence-corrected chi connectivity index (χ0v) is 10.1. The number of carboxylic acid groups (broad SMARTS) is 1. The van der Waals surface area contributed by atoms with Crippen LogP contribution in [0.3, 0.4) is 0 Å². The third-order valence-corrected chi connectivity index (χ3v) is 2.27. The predicted octanol–water partition coefficient (Wildman–Crippen LogP) is 3.30. The Morgan fingerprint density at radius 2 is 1.72 bits per heavy atom. The second-order valence-corrected chi connectivity index (χ2v) is 3.81. The molecule has 92 valence electrons. The number of benzene rings is 2. The minimum absolute atomic E-state index is 0.176. The lowest BCUT2D eigenvalue weighted by atomic mass is 10.1. The van der Waals surface area contributed by atoms with E-state index in [0.29, 0.717) is 0 Å². The van der Waals surface area contributed by atoms with Crippen LogP contribution in [0.2, 0.25) is 0 Å². The molecule has 2 aromatic rings. The van der Waals surface area contributed by atoms with Crippen molar-refractivity contribution in [3.05, 3.63) is 60.2 Å². The molecule has 0 heterocycles. The number of carbonyl (C=O) groups excluding carboxylic acids is 1. The van der Waals surface area contributed by atoms with E-state index in [9.17, 15) is 9.59 Å². The molecular formula is C15H14O3. The van der Waals surface area contributed by atoms with Crippen molar-refractivity contribution in [3.8, 4) is 0 Å². The Bertz CT molecular complexity index is 573.